The summed E-state index contributed by atoms with van der Waals surface area (Å²) >= 11 is 0. The zero-order valence-corrected chi connectivity index (χ0v) is 12.5. The Hall–Kier alpha value is -1.07. The molecular weight excluding hydrogens is 277 g/mol. The predicted molar refractivity (Wildman–Crippen MR) is 77.9 cm³/mol. The van der Waals surface area contributed by atoms with Crippen LogP contribution in [0.1, 0.15) is 50.3 Å². The van der Waals surface area contributed by atoms with Gasteiger partial charge in [0.25, 0.3) is 0 Å². The topological polar surface area (TPSA) is 29.3 Å². The summed E-state index contributed by atoms with van der Waals surface area (Å²) in [6, 6.07) is 6.30. The monoisotopic (exact) mass is 300 g/mol. The molecule has 3 atom stereocenters. The fraction of sp³-hybridized carbons (Fsp3) is 0.625. The van der Waals surface area contributed by atoms with E-state index >= 15 is 0 Å². The van der Waals surface area contributed by atoms with Crippen molar-refractivity contribution in [1.29, 1.82) is 0 Å². The molecule has 1 fully saturated rings. The smallest absolute Gasteiger partial charge is 0.329 e. The highest BCUT2D eigenvalue weighted by molar-refractivity contribution is 5.27. The highest BCUT2D eigenvalue weighted by Crippen LogP contribution is 2.34. The van der Waals surface area contributed by atoms with Gasteiger partial charge in [-0.25, -0.2) is 0 Å². The number of likely N-dealkylation sites (tertiary alicyclic amines) is 1. The Kier molecular flexibility index (Phi) is 4.94. The SMILES string of the molecule is CC1CCCC(CN)N1C(C)c1ccc(C(F)(F)F)cc1. The van der Waals surface area contributed by atoms with Gasteiger partial charge in [0.2, 0.25) is 0 Å². The van der Waals surface area contributed by atoms with Crippen LogP contribution in [-0.2, 0) is 6.18 Å². The van der Waals surface area contributed by atoms with Crippen molar-refractivity contribution in [3.05, 3.63) is 35.4 Å². The van der Waals surface area contributed by atoms with Gasteiger partial charge in [0.15, 0.2) is 0 Å². The summed E-state index contributed by atoms with van der Waals surface area (Å²) < 4.78 is 37.9. The van der Waals surface area contributed by atoms with Gasteiger partial charge in [-0.1, -0.05) is 18.6 Å². The second-order valence-electron chi connectivity index (χ2n) is 5.91. The molecule has 0 saturated carbocycles. The van der Waals surface area contributed by atoms with Crippen molar-refractivity contribution in [1.82, 2.24) is 4.90 Å². The van der Waals surface area contributed by atoms with Gasteiger partial charge in [-0.15, -0.1) is 0 Å². The van der Waals surface area contributed by atoms with Crippen LogP contribution >= 0.6 is 0 Å². The third-order valence-corrected chi connectivity index (χ3v) is 4.53. The highest BCUT2D eigenvalue weighted by Gasteiger charge is 2.33. The first-order chi connectivity index (χ1) is 9.84. The molecule has 1 aromatic carbocycles. The van der Waals surface area contributed by atoms with Gasteiger partial charge in [-0.2, -0.15) is 13.2 Å². The zero-order valence-electron chi connectivity index (χ0n) is 12.5. The van der Waals surface area contributed by atoms with Crippen LogP contribution in [0.3, 0.4) is 0 Å². The molecule has 2 N–H and O–H groups in total. The van der Waals surface area contributed by atoms with Crippen LogP contribution in [0.4, 0.5) is 13.2 Å². The lowest BCUT2D eigenvalue weighted by atomic mass is 9.92. The minimum atomic E-state index is -4.28. The Bertz CT molecular complexity index is 456. The number of nitrogens with two attached hydrogens (primary N) is 1. The van der Waals surface area contributed by atoms with Gasteiger partial charge in [-0.3, -0.25) is 4.90 Å². The second-order valence-corrected chi connectivity index (χ2v) is 5.91. The maximum Gasteiger partial charge on any atom is 0.416 e. The van der Waals surface area contributed by atoms with Crippen LogP contribution in [0, 0.1) is 0 Å². The van der Waals surface area contributed by atoms with Crippen molar-refractivity contribution in [3.8, 4) is 0 Å². The molecular formula is C16H23F3N2. The molecule has 21 heavy (non-hydrogen) atoms. The van der Waals surface area contributed by atoms with E-state index in [9.17, 15) is 13.2 Å². The van der Waals surface area contributed by atoms with Crippen LogP contribution in [0.5, 0.6) is 0 Å². The van der Waals surface area contributed by atoms with Crippen molar-refractivity contribution < 1.29 is 13.2 Å². The number of piperidine rings is 1. The van der Waals surface area contributed by atoms with E-state index in [1.165, 1.54) is 6.42 Å². The lowest BCUT2D eigenvalue weighted by Gasteiger charge is -2.44. The number of nitrogens with zero attached hydrogens (tertiary/aromatic N) is 1. The summed E-state index contributed by atoms with van der Waals surface area (Å²) in [5, 5.41) is 0. The van der Waals surface area contributed by atoms with Gasteiger partial charge in [0.05, 0.1) is 5.56 Å². The van der Waals surface area contributed by atoms with Gasteiger partial charge in [0.1, 0.15) is 0 Å². The van der Waals surface area contributed by atoms with E-state index < -0.39 is 11.7 Å². The van der Waals surface area contributed by atoms with Crippen molar-refractivity contribution in [2.75, 3.05) is 6.54 Å². The third-order valence-electron chi connectivity index (χ3n) is 4.53. The van der Waals surface area contributed by atoms with Crippen molar-refractivity contribution in [2.24, 2.45) is 5.73 Å². The van der Waals surface area contributed by atoms with Gasteiger partial charge in [-0.05, 0) is 44.4 Å². The molecule has 0 aliphatic carbocycles. The van der Waals surface area contributed by atoms with E-state index in [2.05, 4.69) is 11.8 Å². The Morgan fingerprint density at radius 2 is 1.86 bits per heavy atom. The average Bonchev–Trinajstić information content (AvgIpc) is 2.45. The summed E-state index contributed by atoms with van der Waals surface area (Å²) in [5.41, 5.74) is 6.18. The van der Waals surface area contributed by atoms with Crippen LogP contribution < -0.4 is 5.73 Å². The minimum absolute atomic E-state index is 0.0798. The fourth-order valence-corrected chi connectivity index (χ4v) is 3.37. The molecule has 1 aromatic rings. The van der Waals surface area contributed by atoms with Crippen molar-refractivity contribution >= 4 is 0 Å². The van der Waals surface area contributed by atoms with E-state index in [-0.39, 0.29) is 6.04 Å². The minimum Gasteiger partial charge on any atom is -0.329 e. The first-order valence-corrected chi connectivity index (χ1v) is 7.49. The van der Waals surface area contributed by atoms with Gasteiger partial charge in [0, 0.05) is 24.7 Å². The molecule has 0 spiro atoms. The number of hydrogen-bond acceptors (Lipinski definition) is 2. The first-order valence-electron chi connectivity index (χ1n) is 7.49. The van der Waals surface area contributed by atoms with Crippen LogP contribution in [0.25, 0.3) is 0 Å². The molecule has 0 bridgehead atoms. The average molecular weight is 300 g/mol. The number of halogens is 3. The summed E-state index contributed by atoms with van der Waals surface area (Å²) in [5.74, 6) is 0. The van der Waals surface area contributed by atoms with Crippen LogP contribution in [0.2, 0.25) is 0 Å². The van der Waals surface area contributed by atoms with Crippen LogP contribution in [0.15, 0.2) is 24.3 Å². The summed E-state index contributed by atoms with van der Waals surface area (Å²) in [6.45, 7) is 4.81. The zero-order chi connectivity index (χ0) is 15.6. The first kappa shape index (κ1) is 16.3. The highest BCUT2D eigenvalue weighted by atomic mass is 19.4. The van der Waals surface area contributed by atoms with Crippen molar-refractivity contribution in [2.45, 2.75) is 57.4 Å². The molecule has 2 rings (SSSR count). The maximum absolute atomic E-state index is 12.6. The maximum atomic E-state index is 12.6. The molecule has 1 saturated heterocycles. The number of benzene rings is 1. The van der Waals surface area contributed by atoms with E-state index in [1.807, 2.05) is 6.92 Å². The van der Waals surface area contributed by atoms with Crippen molar-refractivity contribution in [3.63, 3.8) is 0 Å². The van der Waals surface area contributed by atoms with Crippen LogP contribution in [-0.4, -0.2) is 23.5 Å². The predicted octanol–water partition coefficient (Wildman–Crippen LogP) is 3.97. The fourth-order valence-electron chi connectivity index (χ4n) is 3.37. The van der Waals surface area contributed by atoms with E-state index in [4.69, 9.17) is 5.73 Å². The summed E-state index contributed by atoms with van der Waals surface area (Å²) in [4.78, 5) is 2.35. The van der Waals surface area contributed by atoms with Gasteiger partial charge < -0.3 is 5.73 Å². The summed E-state index contributed by atoms with van der Waals surface area (Å²) in [7, 11) is 0. The standard InChI is InChI=1S/C16H23F3N2/c1-11-4-3-5-15(10-20)21(11)12(2)13-6-8-14(9-7-13)16(17,18)19/h6-9,11-12,15H,3-5,10,20H2,1-2H3. The van der Waals surface area contributed by atoms with E-state index in [1.54, 1.807) is 12.1 Å². The lowest BCUT2D eigenvalue weighted by Crippen LogP contribution is -2.49. The molecule has 1 heterocycles. The molecule has 0 radical (unpaired) electrons. The Morgan fingerprint density at radius 3 is 2.38 bits per heavy atom. The number of rotatable bonds is 3. The quantitative estimate of drug-likeness (QED) is 0.915. The molecule has 118 valence electrons. The second kappa shape index (κ2) is 6.36. The molecule has 3 unspecified atom stereocenters. The number of alkyl halides is 3. The molecule has 1 aliphatic rings. The normalized spacial score (nSPS) is 25.8. The largest absolute Gasteiger partial charge is 0.416 e. The third kappa shape index (κ3) is 3.58. The molecule has 0 amide bonds. The Balaban J connectivity index is 2.20. The Labute approximate surface area is 124 Å². The molecule has 0 aromatic heterocycles. The molecule has 1 aliphatic heterocycles. The number of hydrogen-bond donors (Lipinski definition) is 1. The summed E-state index contributed by atoms with van der Waals surface area (Å²) in [6.07, 6.45) is -0.938. The lowest BCUT2D eigenvalue weighted by molar-refractivity contribution is -0.137. The van der Waals surface area contributed by atoms with Gasteiger partial charge >= 0.3 is 6.18 Å². The Morgan fingerprint density at radius 1 is 1.24 bits per heavy atom. The van der Waals surface area contributed by atoms with E-state index in [0.717, 1.165) is 30.5 Å². The molecule has 2 nitrogen and oxygen atoms in total. The molecule has 5 heteroatoms. The van der Waals surface area contributed by atoms with E-state index in [0.29, 0.717) is 18.6 Å².